The first kappa shape index (κ1) is 13.6. The van der Waals surface area contributed by atoms with Gasteiger partial charge in [0.15, 0.2) is 5.78 Å². The Morgan fingerprint density at radius 3 is 2.53 bits per heavy atom. The van der Waals surface area contributed by atoms with Gasteiger partial charge in [-0.25, -0.2) is 0 Å². The van der Waals surface area contributed by atoms with Crippen LogP contribution in [0.3, 0.4) is 0 Å². The van der Waals surface area contributed by atoms with Gasteiger partial charge >= 0.3 is 0 Å². The summed E-state index contributed by atoms with van der Waals surface area (Å²) in [6, 6.07) is 5.41. The number of carbonyl (C=O) groups is 1. The smallest absolute Gasteiger partial charge is 0.158 e. The van der Waals surface area contributed by atoms with Crippen LogP contribution in [-0.2, 0) is 4.79 Å². The van der Waals surface area contributed by atoms with E-state index >= 15 is 0 Å². The summed E-state index contributed by atoms with van der Waals surface area (Å²) < 4.78 is 10.5. The van der Waals surface area contributed by atoms with Gasteiger partial charge in [0.2, 0.25) is 0 Å². The van der Waals surface area contributed by atoms with Crippen molar-refractivity contribution in [1.82, 2.24) is 0 Å². The lowest BCUT2D eigenvalue weighted by Gasteiger charge is -2.28. The van der Waals surface area contributed by atoms with Gasteiger partial charge in [0.1, 0.15) is 11.5 Å². The molecule has 1 aromatic carbocycles. The molecule has 0 spiro atoms. The fourth-order valence-electron chi connectivity index (χ4n) is 2.38. The van der Waals surface area contributed by atoms with Crippen molar-refractivity contribution in [2.24, 2.45) is 0 Å². The van der Waals surface area contributed by atoms with Crippen molar-refractivity contribution in [3.63, 3.8) is 0 Å². The van der Waals surface area contributed by atoms with Crippen molar-refractivity contribution in [2.75, 3.05) is 14.2 Å². The van der Waals surface area contributed by atoms with Crippen LogP contribution in [0.25, 0.3) is 5.57 Å². The fourth-order valence-corrected chi connectivity index (χ4v) is 2.38. The molecule has 0 amide bonds. The lowest BCUT2D eigenvalue weighted by atomic mass is 9.82. The highest BCUT2D eigenvalue weighted by Gasteiger charge is 2.31. The maximum absolute atomic E-state index is 11.7. The van der Waals surface area contributed by atoms with Crippen LogP contribution in [0.2, 0.25) is 0 Å². The number of hydrogen-bond acceptors (Lipinski definition) is 4. The third-order valence-electron chi connectivity index (χ3n) is 3.21. The highest BCUT2D eigenvalue weighted by Crippen LogP contribution is 2.37. The minimum absolute atomic E-state index is 0.0730. The standard InChI is InChI=1S/C15H18O4/c1-15(17)8-10(6-11(16)9-15)13-7-12(18-2)4-5-14(13)19-3/h4-7,17H,8-9H2,1-3H3. The number of hydrogen-bond donors (Lipinski definition) is 1. The Hall–Kier alpha value is -1.81. The predicted molar refractivity (Wildman–Crippen MR) is 72.4 cm³/mol. The molecule has 0 aromatic heterocycles. The fraction of sp³-hybridized carbons (Fsp3) is 0.400. The van der Waals surface area contributed by atoms with Crippen LogP contribution in [0.15, 0.2) is 24.3 Å². The number of allylic oxidation sites excluding steroid dienone is 1. The van der Waals surface area contributed by atoms with E-state index in [0.29, 0.717) is 17.9 Å². The van der Waals surface area contributed by atoms with E-state index in [0.717, 1.165) is 11.1 Å². The van der Waals surface area contributed by atoms with Crippen molar-refractivity contribution >= 4 is 11.4 Å². The Bertz CT molecular complexity index is 529. The molecule has 0 saturated carbocycles. The molecular formula is C15H18O4. The van der Waals surface area contributed by atoms with Gasteiger partial charge in [-0.3, -0.25) is 4.79 Å². The Balaban J connectivity index is 2.48. The molecule has 1 aromatic rings. The van der Waals surface area contributed by atoms with E-state index in [4.69, 9.17) is 9.47 Å². The van der Waals surface area contributed by atoms with Gasteiger partial charge in [-0.1, -0.05) is 0 Å². The molecule has 0 aliphatic heterocycles. The monoisotopic (exact) mass is 262 g/mol. The van der Waals surface area contributed by atoms with E-state index in [1.165, 1.54) is 0 Å². The molecule has 1 atom stereocenters. The molecule has 0 saturated heterocycles. The number of ether oxygens (including phenoxy) is 2. The maximum atomic E-state index is 11.7. The SMILES string of the molecule is COc1ccc(OC)c(C2=CC(=O)CC(C)(O)C2)c1. The number of carbonyl (C=O) groups excluding carboxylic acids is 1. The average molecular weight is 262 g/mol. The molecule has 1 aliphatic rings. The van der Waals surface area contributed by atoms with Gasteiger partial charge in [0.05, 0.1) is 19.8 Å². The zero-order valence-corrected chi connectivity index (χ0v) is 11.4. The summed E-state index contributed by atoms with van der Waals surface area (Å²) in [5.41, 5.74) is 0.557. The van der Waals surface area contributed by atoms with Gasteiger partial charge < -0.3 is 14.6 Å². The first-order valence-electron chi connectivity index (χ1n) is 6.13. The number of aliphatic hydroxyl groups is 1. The summed E-state index contributed by atoms with van der Waals surface area (Å²) in [6.07, 6.45) is 2.15. The van der Waals surface area contributed by atoms with E-state index in [9.17, 15) is 9.90 Å². The van der Waals surface area contributed by atoms with Crippen LogP contribution < -0.4 is 9.47 Å². The summed E-state index contributed by atoms with van der Waals surface area (Å²) in [4.78, 5) is 11.7. The quantitative estimate of drug-likeness (QED) is 0.907. The van der Waals surface area contributed by atoms with E-state index in [2.05, 4.69) is 0 Å². The zero-order valence-electron chi connectivity index (χ0n) is 11.4. The molecule has 2 rings (SSSR count). The van der Waals surface area contributed by atoms with E-state index in [1.54, 1.807) is 39.4 Å². The minimum Gasteiger partial charge on any atom is -0.497 e. The lowest BCUT2D eigenvalue weighted by Crippen LogP contribution is -2.31. The Morgan fingerprint density at radius 1 is 1.21 bits per heavy atom. The van der Waals surface area contributed by atoms with Gasteiger partial charge in [0, 0.05) is 18.4 Å². The van der Waals surface area contributed by atoms with Crippen LogP contribution in [0.4, 0.5) is 0 Å². The second kappa shape index (κ2) is 5.05. The zero-order chi connectivity index (χ0) is 14.0. The van der Waals surface area contributed by atoms with Crippen LogP contribution in [-0.4, -0.2) is 30.7 Å². The van der Waals surface area contributed by atoms with E-state index < -0.39 is 5.60 Å². The third-order valence-corrected chi connectivity index (χ3v) is 3.21. The van der Waals surface area contributed by atoms with Crippen molar-refractivity contribution in [3.05, 3.63) is 29.8 Å². The summed E-state index contributed by atoms with van der Waals surface area (Å²) in [7, 11) is 3.16. The van der Waals surface area contributed by atoms with Crippen LogP contribution in [0, 0.1) is 0 Å². The topological polar surface area (TPSA) is 55.8 Å². The molecular weight excluding hydrogens is 244 g/mol. The minimum atomic E-state index is -1.00. The highest BCUT2D eigenvalue weighted by atomic mass is 16.5. The second-order valence-electron chi connectivity index (χ2n) is 5.05. The molecule has 1 aliphatic carbocycles. The first-order valence-corrected chi connectivity index (χ1v) is 6.13. The van der Waals surface area contributed by atoms with Crippen molar-refractivity contribution in [1.29, 1.82) is 0 Å². The molecule has 0 heterocycles. The normalized spacial score (nSPS) is 22.9. The molecule has 19 heavy (non-hydrogen) atoms. The summed E-state index contributed by atoms with van der Waals surface area (Å²) >= 11 is 0. The van der Waals surface area contributed by atoms with Gasteiger partial charge in [-0.05, 0) is 36.8 Å². The van der Waals surface area contributed by atoms with E-state index in [-0.39, 0.29) is 12.2 Å². The van der Waals surface area contributed by atoms with Gasteiger partial charge in [0.25, 0.3) is 0 Å². The van der Waals surface area contributed by atoms with Gasteiger partial charge in [-0.2, -0.15) is 0 Å². The number of ketones is 1. The molecule has 1 N–H and O–H groups in total. The Kier molecular flexibility index (Phi) is 3.62. The maximum Gasteiger partial charge on any atom is 0.158 e. The summed E-state index contributed by atoms with van der Waals surface area (Å²) in [5.74, 6) is 1.28. The third kappa shape index (κ3) is 2.96. The first-order chi connectivity index (χ1) is 8.95. The molecule has 0 bridgehead atoms. The Labute approximate surface area is 112 Å². The molecule has 0 radical (unpaired) electrons. The molecule has 4 heteroatoms. The number of benzene rings is 1. The predicted octanol–water partition coefficient (Wildman–Crippen LogP) is 2.20. The van der Waals surface area contributed by atoms with Crippen molar-refractivity contribution in [3.8, 4) is 11.5 Å². The molecule has 1 unspecified atom stereocenters. The molecule has 4 nitrogen and oxygen atoms in total. The number of rotatable bonds is 3. The lowest BCUT2D eigenvalue weighted by molar-refractivity contribution is -0.119. The Morgan fingerprint density at radius 2 is 1.95 bits per heavy atom. The van der Waals surface area contributed by atoms with Crippen molar-refractivity contribution in [2.45, 2.75) is 25.4 Å². The highest BCUT2D eigenvalue weighted by molar-refractivity contribution is 6.00. The second-order valence-corrected chi connectivity index (χ2v) is 5.05. The van der Waals surface area contributed by atoms with Crippen LogP contribution in [0.1, 0.15) is 25.3 Å². The molecule has 0 fully saturated rings. The van der Waals surface area contributed by atoms with E-state index in [1.807, 2.05) is 6.07 Å². The largest absolute Gasteiger partial charge is 0.497 e. The number of methoxy groups -OCH3 is 2. The average Bonchev–Trinajstić information content (AvgIpc) is 2.35. The molecule has 102 valence electrons. The van der Waals surface area contributed by atoms with Crippen molar-refractivity contribution < 1.29 is 19.4 Å². The van der Waals surface area contributed by atoms with Crippen LogP contribution >= 0.6 is 0 Å². The van der Waals surface area contributed by atoms with Gasteiger partial charge in [-0.15, -0.1) is 0 Å². The summed E-state index contributed by atoms with van der Waals surface area (Å²) in [5, 5.41) is 10.1. The summed E-state index contributed by atoms with van der Waals surface area (Å²) in [6.45, 7) is 1.67. The van der Waals surface area contributed by atoms with Crippen LogP contribution in [0.5, 0.6) is 11.5 Å².